The number of hydrogen-bond acceptors (Lipinski definition) is 3. The maximum Gasteiger partial charge on any atom is 0.133 e. The molecule has 0 saturated carbocycles. The third-order valence-corrected chi connectivity index (χ3v) is 4.13. The molecular weight excluding hydrogens is 347 g/mol. The summed E-state index contributed by atoms with van der Waals surface area (Å²) >= 11 is 3.45. The Balaban J connectivity index is 1.88. The summed E-state index contributed by atoms with van der Waals surface area (Å²) in [5.41, 5.74) is 3.89. The first-order chi connectivity index (χ1) is 10.7. The van der Waals surface area contributed by atoms with Gasteiger partial charge in [-0.2, -0.15) is 5.10 Å². The van der Waals surface area contributed by atoms with Gasteiger partial charge in [-0.25, -0.2) is 9.07 Å². The molecule has 3 heterocycles. The van der Waals surface area contributed by atoms with Crippen molar-refractivity contribution in [1.82, 2.24) is 14.8 Å². The summed E-state index contributed by atoms with van der Waals surface area (Å²) < 4.78 is 15.9. The van der Waals surface area contributed by atoms with Crippen LogP contribution in [0.4, 0.5) is 10.2 Å². The minimum Gasteiger partial charge on any atom is -0.369 e. The Morgan fingerprint density at radius 1 is 1.18 bits per heavy atom. The Morgan fingerprint density at radius 2 is 2.00 bits per heavy atom. The summed E-state index contributed by atoms with van der Waals surface area (Å²) in [5.74, 6) is 0.721. The van der Waals surface area contributed by atoms with Gasteiger partial charge >= 0.3 is 0 Å². The molecule has 4 rings (SSSR count). The number of nitrogens with zero attached hydrogens (tertiary/aromatic N) is 3. The smallest absolute Gasteiger partial charge is 0.133 e. The van der Waals surface area contributed by atoms with E-state index in [9.17, 15) is 4.39 Å². The molecule has 0 amide bonds. The molecule has 2 aromatic heterocycles. The molecule has 0 fully saturated rings. The third-order valence-electron chi connectivity index (χ3n) is 3.70. The second kappa shape index (κ2) is 5.21. The summed E-state index contributed by atoms with van der Waals surface area (Å²) in [6.07, 6.45) is 4.47. The van der Waals surface area contributed by atoms with E-state index in [1.807, 2.05) is 10.7 Å². The number of nitrogens with one attached hydrogen (secondary N) is 1. The molecule has 3 aromatic rings. The zero-order valence-corrected chi connectivity index (χ0v) is 13.1. The van der Waals surface area contributed by atoms with E-state index in [-0.39, 0.29) is 5.82 Å². The minimum absolute atomic E-state index is 0.253. The van der Waals surface area contributed by atoms with Crippen LogP contribution in [0.15, 0.2) is 47.2 Å². The SMILES string of the molecule is Fc1ccc(-n2nc(-c3cncc(Br)c3)c3c2NCC3)cc1. The van der Waals surface area contributed by atoms with Gasteiger partial charge in [-0.3, -0.25) is 4.98 Å². The van der Waals surface area contributed by atoms with Crippen LogP contribution in [0.1, 0.15) is 5.56 Å². The summed E-state index contributed by atoms with van der Waals surface area (Å²) in [6, 6.07) is 8.34. The molecule has 110 valence electrons. The first-order valence-electron chi connectivity index (χ1n) is 6.95. The van der Waals surface area contributed by atoms with Gasteiger partial charge < -0.3 is 5.32 Å². The molecule has 0 unspecified atom stereocenters. The number of pyridine rings is 1. The average Bonchev–Trinajstić information content (AvgIpc) is 3.10. The van der Waals surface area contributed by atoms with Crippen molar-refractivity contribution in [2.75, 3.05) is 11.9 Å². The number of anilines is 1. The molecular formula is C16H12BrFN4. The van der Waals surface area contributed by atoms with Crippen LogP contribution in [-0.2, 0) is 6.42 Å². The highest BCUT2D eigenvalue weighted by atomic mass is 79.9. The highest BCUT2D eigenvalue weighted by Crippen LogP contribution is 2.34. The molecule has 0 saturated heterocycles. The molecule has 0 aliphatic carbocycles. The zero-order chi connectivity index (χ0) is 15.1. The van der Waals surface area contributed by atoms with Crippen molar-refractivity contribution >= 4 is 21.7 Å². The third kappa shape index (κ3) is 2.20. The van der Waals surface area contributed by atoms with E-state index in [2.05, 4.69) is 26.2 Å². The topological polar surface area (TPSA) is 42.7 Å². The van der Waals surface area contributed by atoms with E-state index in [1.54, 1.807) is 24.5 Å². The second-order valence-corrected chi connectivity index (χ2v) is 6.05. The molecule has 0 atom stereocenters. The standard InChI is InChI=1S/C16H12BrFN4/c17-11-7-10(8-19-9-11)15-14-5-6-20-16(14)22(21-15)13-3-1-12(18)2-4-13/h1-4,7-9,20H,5-6H2. The van der Waals surface area contributed by atoms with Crippen molar-refractivity contribution in [2.24, 2.45) is 0 Å². The van der Waals surface area contributed by atoms with Gasteiger partial charge in [0.1, 0.15) is 11.6 Å². The Hall–Kier alpha value is -2.21. The first kappa shape index (κ1) is 13.5. The van der Waals surface area contributed by atoms with Gasteiger partial charge in [0.15, 0.2) is 0 Å². The molecule has 22 heavy (non-hydrogen) atoms. The number of halogens is 2. The van der Waals surface area contributed by atoms with Crippen molar-refractivity contribution < 1.29 is 4.39 Å². The van der Waals surface area contributed by atoms with Crippen molar-refractivity contribution in [1.29, 1.82) is 0 Å². The lowest BCUT2D eigenvalue weighted by molar-refractivity contribution is 0.627. The van der Waals surface area contributed by atoms with E-state index < -0.39 is 0 Å². The van der Waals surface area contributed by atoms with Crippen LogP contribution in [0.5, 0.6) is 0 Å². The summed E-state index contributed by atoms with van der Waals surface area (Å²) in [4.78, 5) is 4.21. The quantitative estimate of drug-likeness (QED) is 0.757. The molecule has 1 aliphatic heterocycles. The van der Waals surface area contributed by atoms with Crippen LogP contribution in [0.25, 0.3) is 16.9 Å². The lowest BCUT2D eigenvalue weighted by Gasteiger charge is -2.06. The largest absolute Gasteiger partial charge is 0.369 e. The molecule has 1 N–H and O–H groups in total. The Bertz CT molecular complexity index is 842. The monoisotopic (exact) mass is 358 g/mol. The predicted octanol–water partition coefficient (Wildman–Crippen LogP) is 3.80. The summed E-state index contributed by atoms with van der Waals surface area (Å²) in [7, 11) is 0. The fourth-order valence-corrected chi connectivity index (χ4v) is 3.08. The van der Waals surface area contributed by atoms with Crippen LogP contribution < -0.4 is 5.32 Å². The predicted molar refractivity (Wildman–Crippen MR) is 86.6 cm³/mol. The second-order valence-electron chi connectivity index (χ2n) is 5.13. The first-order valence-corrected chi connectivity index (χ1v) is 7.74. The molecule has 4 nitrogen and oxygen atoms in total. The fraction of sp³-hybridized carbons (Fsp3) is 0.125. The van der Waals surface area contributed by atoms with E-state index in [4.69, 9.17) is 5.10 Å². The van der Waals surface area contributed by atoms with Gasteiger partial charge in [-0.05, 0) is 52.7 Å². The van der Waals surface area contributed by atoms with Gasteiger partial charge in [-0.15, -0.1) is 0 Å². The van der Waals surface area contributed by atoms with E-state index in [0.717, 1.165) is 40.2 Å². The number of aromatic nitrogens is 3. The Labute approximate surface area is 135 Å². The molecule has 0 bridgehead atoms. The summed E-state index contributed by atoms with van der Waals surface area (Å²) in [6.45, 7) is 0.878. The maximum absolute atomic E-state index is 13.1. The molecule has 1 aliphatic rings. The Kier molecular flexibility index (Phi) is 3.18. The van der Waals surface area contributed by atoms with Crippen LogP contribution in [-0.4, -0.2) is 21.3 Å². The van der Waals surface area contributed by atoms with Crippen LogP contribution in [0.2, 0.25) is 0 Å². The molecule has 0 spiro atoms. The van der Waals surface area contributed by atoms with E-state index in [1.165, 1.54) is 17.7 Å². The molecule has 6 heteroatoms. The number of benzene rings is 1. The normalized spacial score (nSPS) is 13.0. The van der Waals surface area contributed by atoms with E-state index in [0.29, 0.717) is 0 Å². The van der Waals surface area contributed by atoms with Gasteiger partial charge in [0.2, 0.25) is 0 Å². The minimum atomic E-state index is -0.253. The number of hydrogen-bond donors (Lipinski definition) is 1. The van der Waals surface area contributed by atoms with Crippen molar-refractivity contribution in [3.63, 3.8) is 0 Å². The van der Waals surface area contributed by atoms with Crippen LogP contribution in [0.3, 0.4) is 0 Å². The summed E-state index contributed by atoms with van der Waals surface area (Å²) in [5, 5.41) is 8.08. The van der Waals surface area contributed by atoms with Crippen molar-refractivity contribution in [2.45, 2.75) is 6.42 Å². The fourth-order valence-electron chi connectivity index (χ4n) is 2.72. The van der Waals surface area contributed by atoms with E-state index >= 15 is 0 Å². The van der Waals surface area contributed by atoms with Crippen molar-refractivity contribution in [3.8, 4) is 16.9 Å². The van der Waals surface area contributed by atoms with Gasteiger partial charge in [0, 0.05) is 34.5 Å². The number of rotatable bonds is 2. The maximum atomic E-state index is 13.1. The van der Waals surface area contributed by atoms with Crippen LogP contribution in [0, 0.1) is 5.82 Å². The van der Waals surface area contributed by atoms with Crippen molar-refractivity contribution in [3.05, 3.63) is 58.6 Å². The van der Waals surface area contributed by atoms with Crippen LogP contribution >= 0.6 is 15.9 Å². The highest BCUT2D eigenvalue weighted by Gasteiger charge is 2.24. The average molecular weight is 359 g/mol. The molecule has 0 radical (unpaired) electrons. The van der Waals surface area contributed by atoms with Gasteiger partial charge in [-0.1, -0.05) is 0 Å². The molecule has 1 aromatic carbocycles. The number of fused-ring (bicyclic) bond motifs is 1. The Morgan fingerprint density at radius 3 is 2.77 bits per heavy atom. The lowest BCUT2D eigenvalue weighted by Crippen LogP contribution is -2.04. The lowest BCUT2D eigenvalue weighted by atomic mass is 10.1. The van der Waals surface area contributed by atoms with Gasteiger partial charge in [0.05, 0.1) is 11.4 Å². The zero-order valence-electron chi connectivity index (χ0n) is 11.6. The highest BCUT2D eigenvalue weighted by molar-refractivity contribution is 9.10. The van der Waals surface area contributed by atoms with Gasteiger partial charge in [0.25, 0.3) is 0 Å².